The topological polar surface area (TPSA) is 35.2 Å². The highest BCUT2D eigenvalue weighted by Gasteiger charge is 2.15. The Bertz CT molecular complexity index is 621. The van der Waals surface area contributed by atoms with Gasteiger partial charge < -0.3 is 10.5 Å². The highest BCUT2D eigenvalue weighted by Crippen LogP contribution is 2.27. The van der Waals surface area contributed by atoms with Gasteiger partial charge in [-0.15, -0.1) is 0 Å². The predicted octanol–water partition coefficient (Wildman–Crippen LogP) is 4.33. The first-order valence-corrected chi connectivity index (χ1v) is 7.50. The molecule has 1 unspecified atom stereocenters. The third-order valence-electron chi connectivity index (χ3n) is 3.06. The lowest BCUT2D eigenvalue weighted by Crippen LogP contribution is -2.15. The molecule has 0 amide bonds. The van der Waals surface area contributed by atoms with Gasteiger partial charge in [0.25, 0.3) is 0 Å². The van der Waals surface area contributed by atoms with E-state index in [0.29, 0.717) is 17.0 Å². The van der Waals surface area contributed by atoms with Crippen molar-refractivity contribution in [2.75, 3.05) is 7.11 Å². The normalized spacial score (nSPS) is 12.2. The number of hydrogen-bond acceptors (Lipinski definition) is 2. The van der Waals surface area contributed by atoms with Crippen molar-refractivity contribution in [2.24, 2.45) is 5.73 Å². The minimum Gasteiger partial charge on any atom is -0.494 e. The number of halogens is 3. The van der Waals surface area contributed by atoms with E-state index in [4.69, 9.17) is 22.1 Å². The molecule has 2 N–H and O–H groups in total. The van der Waals surface area contributed by atoms with Crippen molar-refractivity contribution in [3.63, 3.8) is 0 Å². The van der Waals surface area contributed by atoms with E-state index in [2.05, 4.69) is 22.6 Å². The Labute approximate surface area is 136 Å². The molecule has 0 saturated heterocycles. The Morgan fingerprint density at radius 2 is 2.10 bits per heavy atom. The Kier molecular flexibility index (Phi) is 5.23. The zero-order chi connectivity index (χ0) is 14.7. The molecule has 0 radical (unpaired) electrons. The fraction of sp³-hybridized carbons (Fsp3) is 0.200. The van der Waals surface area contributed by atoms with Crippen molar-refractivity contribution in [1.29, 1.82) is 0 Å². The average molecular weight is 406 g/mol. The van der Waals surface area contributed by atoms with E-state index >= 15 is 0 Å². The number of benzene rings is 2. The van der Waals surface area contributed by atoms with Crippen molar-refractivity contribution >= 4 is 34.2 Å². The molecule has 0 aromatic heterocycles. The third-order valence-corrected chi connectivity index (χ3v) is 4.28. The second-order valence-electron chi connectivity index (χ2n) is 4.41. The molecule has 106 valence electrons. The highest BCUT2D eigenvalue weighted by molar-refractivity contribution is 14.1. The molecular weight excluding hydrogens is 392 g/mol. The number of ether oxygens (including phenoxy) is 1. The van der Waals surface area contributed by atoms with Gasteiger partial charge in [-0.05, 0) is 64.4 Å². The summed E-state index contributed by atoms with van der Waals surface area (Å²) in [6.07, 6.45) is 0.388. The molecule has 0 aliphatic rings. The maximum Gasteiger partial charge on any atom is 0.168 e. The molecule has 20 heavy (non-hydrogen) atoms. The summed E-state index contributed by atoms with van der Waals surface area (Å²) in [6, 6.07) is 10.3. The summed E-state index contributed by atoms with van der Waals surface area (Å²) in [5, 5.41) is 0.627. The van der Waals surface area contributed by atoms with Gasteiger partial charge in [0.1, 0.15) is 0 Å². The van der Waals surface area contributed by atoms with Gasteiger partial charge in [-0.25, -0.2) is 4.39 Å². The van der Waals surface area contributed by atoms with E-state index < -0.39 is 0 Å². The van der Waals surface area contributed by atoms with Crippen LogP contribution < -0.4 is 10.5 Å². The van der Waals surface area contributed by atoms with E-state index in [1.165, 1.54) is 7.11 Å². The van der Waals surface area contributed by atoms with Crippen LogP contribution in [-0.4, -0.2) is 7.11 Å². The number of rotatable bonds is 4. The van der Waals surface area contributed by atoms with Crippen LogP contribution in [0.3, 0.4) is 0 Å². The Hall–Kier alpha value is -0.850. The van der Waals surface area contributed by atoms with Gasteiger partial charge in [0, 0.05) is 14.6 Å². The predicted molar refractivity (Wildman–Crippen MR) is 87.8 cm³/mol. The lowest BCUT2D eigenvalue weighted by atomic mass is 9.99. The van der Waals surface area contributed by atoms with Gasteiger partial charge in [0.2, 0.25) is 0 Å². The zero-order valence-corrected chi connectivity index (χ0v) is 13.8. The van der Waals surface area contributed by atoms with Crippen LogP contribution in [0.2, 0.25) is 5.02 Å². The summed E-state index contributed by atoms with van der Waals surface area (Å²) in [5.74, 6) is -0.127. The van der Waals surface area contributed by atoms with Crippen LogP contribution in [-0.2, 0) is 6.42 Å². The second kappa shape index (κ2) is 6.74. The summed E-state index contributed by atoms with van der Waals surface area (Å²) >= 11 is 8.19. The molecule has 2 nitrogen and oxygen atoms in total. The monoisotopic (exact) mass is 405 g/mol. The van der Waals surface area contributed by atoms with E-state index in [1.807, 2.05) is 18.2 Å². The quantitative estimate of drug-likeness (QED) is 0.768. The van der Waals surface area contributed by atoms with Crippen molar-refractivity contribution in [3.8, 4) is 5.75 Å². The molecule has 0 heterocycles. The van der Waals surface area contributed by atoms with Gasteiger partial charge in [0.15, 0.2) is 11.6 Å². The minimum absolute atomic E-state index is 0.232. The van der Waals surface area contributed by atoms with E-state index in [-0.39, 0.29) is 17.6 Å². The van der Waals surface area contributed by atoms with Gasteiger partial charge in [-0.1, -0.05) is 23.7 Å². The van der Waals surface area contributed by atoms with Crippen LogP contribution >= 0.6 is 34.2 Å². The van der Waals surface area contributed by atoms with Crippen LogP contribution in [0.4, 0.5) is 4.39 Å². The fourth-order valence-corrected chi connectivity index (χ4v) is 2.93. The molecule has 2 aromatic rings. The van der Waals surface area contributed by atoms with Crippen molar-refractivity contribution < 1.29 is 9.13 Å². The van der Waals surface area contributed by atoms with Crippen LogP contribution in [0.5, 0.6) is 5.75 Å². The average Bonchev–Trinajstić information content (AvgIpc) is 2.43. The fourth-order valence-electron chi connectivity index (χ4n) is 2.02. The molecule has 0 aliphatic carbocycles. The smallest absolute Gasteiger partial charge is 0.168 e. The summed E-state index contributed by atoms with van der Waals surface area (Å²) in [5.41, 5.74) is 7.64. The first kappa shape index (κ1) is 15.5. The van der Waals surface area contributed by atoms with Crippen LogP contribution in [0.1, 0.15) is 17.2 Å². The molecule has 0 aliphatic heterocycles. The van der Waals surface area contributed by atoms with Crippen molar-refractivity contribution in [3.05, 3.63) is 61.9 Å². The summed E-state index contributed by atoms with van der Waals surface area (Å²) < 4.78 is 20.1. The first-order chi connectivity index (χ1) is 9.52. The van der Waals surface area contributed by atoms with Gasteiger partial charge in [-0.2, -0.15) is 0 Å². The van der Waals surface area contributed by atoms with Crippen LogP contribution in [0, 0.1) is 9.39 Å². The molecule has 2 rings (SSSR count). The van der Waals surface area contributed by atoms with E-state index in [0.717, 1.165) is 9.13 Å². The third kappa shape index (κ3) is 3.42. The van der Waals surface area contributed by atoms with E-state index in [9.17, 15) is 4.39 Å². The number of methoxy groups -OCH3 is 1. The van der Waals surface area contributed by atoms with Crippen molar-refractivity contribution in [1.82, 2.24) is 0 Å². The largest absolute Gasteiger partial charge is 0.494 e. The molecular formula is C15H14ClFINO. The molecule has 1 atom stereocenters. The standard InChI is InChI=1S/C15H14ClFINO/c1-20-14-4-2-3-9(15(14)17)7-13(19)11-8-10(16)5-6-12(11)18/h2-6,8,13H,7,19H2,1H3. The summed E-state index contributed by atoms with van der Waals surface area (Å²) in [6.45, 7) is 0. The lowest BCUT2D eigenvalue weighted by Gasteiger charge is -2.15. The molecule has 5 heteroatoms. The molecule has 0 bridgehead atoms. The Morgan fingerprint density at radius 1 is 1.35 bits per heavy atom. The lowest BCUT2D eigenvalue weighted by molar-refractivity contribution is 0.383. The highest BCUT2D eigenvalue weighted by atomic mass is 127. The maximum absolute atomic E-state index is 14.1. The molecule has 0 saturated carbocycles. The minimum atomic E-state index is -0.359. The summed E-state index contributed by atoms with van der Waals surface area (Å²) in [7, 11) is 1.45. The summed E-state index contributed by atoms with van der Waals surface area (Å²) in [4.78, 5) is 0. The van der Waals surface area contributed by atoms with E-state index in [1.54, 1.807) is 18.2 Å². The van der Waals surface area contributed by atoms with Crippen molar-refractivity contribution in [2.45, 2.75) is 12.5 Å². The molecule has 2 aromatic carbocycles. The first-order valence-electron chi connectivity index (χ1n) is 6.05. The molecule has 0 fully saturated rings. The molecule has 0 spiro atoms. The van der Waals surface area contributed by atoms with Gasteiger partial charge in [0.05, 0.1) is 7.11 Å². The maximum atomic E-state index is 14.1. The number of nitrogens with two attached hydrogens (primary N) is 1. The Balaban J connectivity index is 2.28. The number of hydrogen-bond donors (Lipinski definition) is 1. The zero-order valence-electron chi connectivity index (χ0n) is 10.9. The second-order valence-corrected chi connectivity index (χ2v) is 6.01. The van der Waals surface area contributed by atoms with Gasteiger partial charge >= 0.3 is 0 Å². The Morgan fingerprint density at radius 3 is 2.80 bits per heavy atom. The van der Waals surface area contributed by atoms with Crippen LogP contribution in [0.15, 0.2) is 36.4 Å². The SMILES string of the molecule is COc1cccc(CC(N)c2cc(Cl)ccc2I)c1F. The van der Waals surface area contributed by atoms with Gasteiger partial charge in [-0.3, -0.25) is 0 Å². The van der Waals surface area contributed by atoms with Crippen LogP contribution in [0.25, 0.3) is 0 Å².